The molecule has 1 aromatic heterocycles. The van der Waals surface area contributed by atoms with E-state index in [-0.39, 0.29) is 12.2 Å². The van der Waals surface area contributed by atoms with Crippen molar-refractivity contribution in [1.82, 2.24) is 19.9 Å². The summed E-state index contributed by atoms with van der Waals surface area (Å²) in [6.07, 6.45) is -4.34. The van der Waals surface area contributed by atoms with Crippen molar-refractivity contribution >= 4 is 11.9 Å². The molecular formula is C15H13F3N4O3. The molecule has 1 aliphatic heterocycles. The van der Waals surface area contributed by atoms with E-state index in [1.807, 2.05) is 0 Å². The molecule has 0 saturated carbocycles. The molecule has 7 nitrogen and oxygen atoms in total. The number of para-hydroxylation sites is 1. The Morgan fingerprint density at radius 2 is 1.88 bits per heavy atom. The minimum Gasteiger partial charge on any atom is -0.481 e. The molecule has 132 valence electrons. The number of carboxylic acids is 1. The lowest BCUT2D eigenvalue weighted by molar-refractivity contribution is -0.227. The van der Waals surface area contributed by atoms with Gasteiger partial charge in [0, 0.05) is 13.1 Å². The van der Waals surface area contributed by atoms with Gasteiger partial charge in [-0.05, 0) is 18.6 Å². The number of carbonyl (C=O) groups excluding carboxylic acids is 1. The minimum atomic E-state index is -4.95. The summed E-state index contributed by atoms with van der Waals surface area (Å²) in [6, 6.07) is 8.74. The highest BCUT2D eigenvalue weighted by Crippen LogP contribution is 2.45. The fourth-order valence-corrected chi connectivity index (χ4v) is 2.74. The summed E-state index contributed by atoms with van der Waals surface area (Å²) in [4.78, 5) is 24.4. The summed E-state index contributed by atoms with van der Waals surface area (Å²) in [5.41, 5.74) is -2.46. The molecule has 1 atom stereocenters. The number of aromatic nitrogens is 3. The molecule has 0 radical (unpaired) electrons. The van der Waals surface area contributed by atoms with Crippen LogP contribution in [-0.2, 0) is 4.79 Å². The van der Waals surface area contributed by atoms with Crippen molar-refractivity contribution in [3.63, 3.8) is 0 Å². The number of hydrogen-bond donors (Lipinski definition) is 1. The monoisotopic (exact) mass is 354 g/mol. The van der Waals surface area contributed by atoms with E-state index in [1.54, 1.807) is 30.3 Å². The molecule has 2 heterocycles. The molecule has 0 bridgehead atoms. The summed E-state index contributed by atoms with van der Waals surface area (Å²) >= 11 is 0. The van der Waals surface area contributed by atoms with Gasteiger partial charge in [0.15, 0.2) is 11.1 Å². The number of carbonyl (C=O) groups is 2. The highest BCUT2D eigenvalue weighted by atomic mass is 19.4. The molecule has 3 rings (SSSR count). The van der Waals surface area contributed by atoms with Crippen molar-refractivity contribution in [3.05, 3.63) is 42.2 Å². The number of carboxylic acid groups (broad SMARTS) is 1. The molecule has 1 amide bonds. The largest absolute Gasteiger partial charge is 0.481 e. The van der Waals surface area contributed by atoms with E-state index in [1.165, 1.54) is 10.9 Å². The average molecular weight is 354 g/mol. The molecular weight excluding hydrogens is 341 g/mol. The van der Waals surface area contributed by atoms with Crippen LogP contribution in [0.3, 0.4) is 0 Å². The molecule has 1 unspecified atom stereocenters. The summed E-state index contributed by atoms with van der Waals surface area (Å²) < 4.78 is 40.9. The number of nitrogens with zero attached hydrogens (tertiary/aromatic N) is 4. The fourth-order valence-electron chi connectivity index (χ4n) is 2.74. The summed E-state index contributed by atoms with van der Waals surface area (Å²) in [5, 5.41) is 16.5. The van der Waals surface area contributed by atoms with E-state index in [9.17, 15) is 22.8 Å². The van der Waals surface area contributed by atoms with Gasteiger partial charge in [0.2, 0.25) is 0 Å². The van der Waals surface area contributed by atoms with Crippen LogP contribution >= 0.6 is 0 Å². The minimum absolute atomic E-state index is 0.146. The number of benzene rings is 1. The smallest absolute Gasteiger partial charge is 0.406 e. The van der Waals surface area contributed by atoms with Crippen LogP contribution in [0.2, 0.25) is 0 Å². The van der Waals surface area contributed by atoms with E-state index in [4.69, 9.17) is 5.11 Å². The van der Waals surface area contributed by atoms with Gasteiger partial charge in [0.05, 0.1) is 11.9 Å². The molecule has 2 aromatic rings. The molecule has 1 aliphatic rings. The summed E-state index contributed by atoms with van der Waals surface area (Å²) in [5.74, 6) is -2.77. The lowest BCUT2D eigenvalue weighted by Crippen LogP contribution is -2.47. The van der Waals surface area contributed by atoms with Gasteiger partial charge in [0.25, 0.3) is 5.91 Å². The van der Waals surface area contributed by atoms with E-state index < -0.39 is 36.4 Å². The predicted molar refractivity (Wildman–Crippen MR) is 78.0 cm³/mol. The van der Waals surface area contributed by atoms with Gasteiger partial charge < -0.3 is 10.0 Å². The van der Waals surface area contributed by atoms with Crippen LogP contribution in [0.4, 0.5) is 13.2 Å². The van der Waals surface area contributed by atoms with E-state index in [2.05, 4.69) is 10.3 Å². The van der Waals surface area contributed by atoms with Crippen LogP contribution in [0.5, 0.6) is 0 Å². The predicted octanol–water partition coefficient (Wildman–Crippen LogP) is 1.75. The Hall–Kier alpha value is -2.91. The third kappa shape index (κ3) is 2.83. The van der Waals surface area contributed by atoms with Gasteiger partial charge in [-0.1, -0.05) is 23.4 Å². The number of alkyl halides is 3. The number of amides is 1. The molecule has 1 aromatic carbocycles. The second kappa shape index (κ2) is 5.87. The van der Waals surface area contributed by atoms with Gasteiger partial charge in [-0.15, -0.1) is 5.10 Å². The van der Waals surface area contributed by atoms with Crippen LogP contribution in [0.15, 0.2) is 36.5 Å². The molecule has 1 fully saturated rings. The van der Waals surface area contributed by atoms with Gasteiger partial charge in [-0.3, -0.25) is 9.59 Å². The first-order valence-electron chi connectivity index (χ1n) is 7.32. The SMILES string of the molecule is O=C(c1cn(-c2ccccc2)nn1)N1CCC(C(=O)O)(C(F)(F)F)C1. The third-order valence-corrected chi connectivity index (χ3v) is 4.24. The number of halogens is 3. The van der Waals surface area contributed by atoms with E-state index in [0.29, 0.717) is 5.69 Å². The zero-order chi connectivity index (χ0) is 18.2. The topological polar surface area (TPSA) is 88.3 Å². The van der Waals surface area contributed by atoms with Crippen molar-refractivity contribution in [2.24, 2.45) is 5.41 Å². The Morgan fingerprint density at radius 3 is 2.44 bits per heavy atom. The van der Waals surface area contributed by atoms with E-state index in [0.717, 1.165) is 4.90 Å². The van der Waals surface area contributed by atoms with Crippen molar-refractivity contribution in [1.29, 1.82) is 0 Å². The number of likely N-dealkylation sites (tertiary alicyclic amines) is 1. The maximum absolute atomic E-state index is 13.2. The lowest BCUT2D eigenvalue weighted by atomic mass is 9.86. The molecule has 1 saturated heterocycles. The highest BCUT2D eigenvalue weighted by Gasteiger charge is 2.64. The maximum Gasteiger partial charge on any atom is 0.406 e. The standard InChI is InChI=1S/C15H13F3N4O3/c16-15(17,18)14(13(24)25)6-7-21(9-14)12(23)11-8-22(20-19-11)10-4-2-1-3-5-10/h1-5,8H,6-7,9H2,(H,24,25). The van der Waals surface area contributed by atoms with Crippen LogP contribution in [0.25, 0.3) is 5.69 Å². The summed E-state index contributed by atoms with van der Waals surface area (Å²) in [7, 11) is 0. The quantitative estimate of drug-likeness (QED) is 0.907. The number of rotatable bonds is 3. The van der Waals surface area contributed by atoms with Crippen molar-refractivity contribution < 1.29 is 27.9 Å². The van der Waals surface area contributed by atoms with Crippen LogP contribution in [0, 0.1) is 5.41 Å². The normalized spacial score (nSPS) is 20.7. The third-order valence-electron chi connectivity index (χ3n) is 4.24. The van der Waals surface area contributed by atoms with Crippen molar-refractivity contribution in [2.45, 2.75) is 12.6 Å². The van der Waals surface area contributed by atoms with Gasteiger partial charge in [-0.25, -0.2) is 4.68 Å². The van der Waals surface area contributed by atoms with E-state index >= 15 is 0 Å². The molecule has 25 heavy (non-hydrogen) atoms. The molecule has 10 heteroatoms. The highest BCUT2D eigenvalue weighted by molar-refractivity contribution is 5.93. The molecule has 0 aliphatic carbocycles. The van der Waals surface area contributed by atoms with Crippen LogP contribution in [-0.4, -0.2) is 56.1 Å². The Labute approximate surface area is 139 Å². The zero-order valence-corrected chi connectivity index (χ0v) is 12.8. The van der Waals surface area contributed by atoms with Gasteiger partial charge in [-0.2, -0.15) is 13.2 Å². The molecule has 1 N–H and O–H groups in total. The van der Waals surface area contributed by atoms with Crippen LogP contribution < -0.4 is 0 Å². The Morgan fingerprint density at radius 1 is 1.20 bits per heavy atom. The van der Waals surface area contributed by atoms with Gasteiger partial charge in [0.1, 0.15) is 0 Å². The first-order chi connectivity index (χ1) is 11.7. The summed E-state index contributed by atoms with van der Waals surface area (Å²) in [6.45, 7) is -1.26. The zero-order valence-electron chi connectivity index (χ0n) is 12.8. The average Bonchev–Trinajstić information content (AvgIpc) is 3.22. The van der Waals surface area contributed by atoms with Crippen molar-refractivity contribution in [2.75, 3.05) is 13.1 Å². The first kappa shape index (κ1) is 16.9. The van der Waals surface area contributed by atoms with Crippen LogP contribution in [0.1, 0.15) is 16.9 Å². The second-order valence-electron chi connectivity index (χ2n) is 5.75. The Kier molecular flexibility index (Phi) is 3.97. The van der Waals surface area contributed by atoms with Gasteiger partial charge >= 0.3 is 12.1 Å². The second-order valence-corrected chi connectivity index (χ2v) is 5.75. The number of aliphatic carboxylic acids is 1. The number of hydrogen-bond acceptors (Lipinski definition) is 4. The Balaban J connectivity index is 1.81. The fraction of sp³-hybridized carbons (Fsp3) is 0.333. The molecule has 0 spiro atoms. The van der Waals surface area contributed by atoms with Crippen molar-refractivity contribution in [3.8, 4) is 5.69 Å². The first-order valence-corrected chi connectivity index (χ1v) is 7.32. The maximum atomic E-state index is 13.2. The lowest BCUT2D eigenvalue weighted by Gasteiger charge is -2.26. The Bertz CT molecular complexity index is 806.